The van der Waals surface area contributed by atoms with Crippen LogP contribution in [0, 0.1) is 5.41 Å². The van der Waals surface area contributed by atoms with E-state index < -0.39 is 30.4 Å². The molecule has 0 unspecified atom stereocenters. The van der Waals surface area contributed by atoms with E-state index in [1.165, 1.54) is 0 Å². The van der Waals surface area contributed by atoms with Crippen LogP contribution in [0.4, 0.5) is 0 Å². The number of carbonyl (C=O) groups excluding carboxylic acids is 2. The first kappa shape index (κ1) is 32.4. The summed E-state index contributed by atoms with van der Waals surface area (Å²) in [6.45, 7) is 0.503. The fraction of sp³-hybridized carbons (Fsp3) is 0.846. The van der Waals surface area contributed by atoms with Crippen molar-refractivity contribution in [1.29, 1.82) is 0 Å². The Morgan fingerprint density at radius 1 is 0.917 bits per heavy atom. The summed E-state index contributed by atoms with van der Waals surface area (Å²) in [4.78, 5) is 21.4. The Morgan fingerprint density at radius 3 is 1.46 bits per heavy atom. The minimum Gasteiger partial charge on any atom is -0.549 e. The van der Waals surface area contributed by atoms with Crippen molar-refractivity contribution in [3.63, 3.8) is 0 Å². The molecule has 0 aromatic rings. The molecule has 0 fully saturated rings. The number of carbonyl (C=O) groups is 2. The van der Waals surface area contributed by atoms with Crippen molar-refractivity contribution in [2.45, 2.75) is 19.8 Å². The molecule has 4 N–H and O–H groups in total. The fourth-order valence-corrected chi connectivity index (χ4v) is 1.36. The quantitative estimate of drug-likeness (QED) is 0.259. The van der Waals surface area contributed by atoms with Crippen LogP contribution in [0.1, 0.15) is 19.8 Å². The van der Waals surface area contributed by atoms with Crippen molar-refractivity contribution in [2.75, 3.05) is 46.1 Å². The van der Waals surface area contributed by atoms with E-state index in [1.54, 1.807) is 0 Å². The molecule has 0 aliphatic carbocycles. The van der Waals surface area contributed by atoms with Gasteiger partial charge in [-0.05, 0) is 12.8 Å². The topological polar surface area (TPSA) is 164 Å². The van der Waals surface area contributed by atoms with Crippen molar-refractivity contribution in [3.8, 4) is 0 Å². The molecule has 0 aromatic carbocycles. The molecule has 11 heteroatoms. The van der Waals surface area contributed by atoms with Gasteiger partial charge in [0.25, 0.3) is 0 Å². The summed E-state index contributed by atoms with van der Waals surface area (Å²) in [7, 11) is 0. The standard InChI is InChI=1S/C7H13NO5.C6H14O3.2Na/c9-3-1-2-8(4-6(10)11)5-7(12)13;1-2-6(3-7,4-8)5-9;;/h9H,1-5H2,(H,10,11)(H,12,13);7-9H,2-5H2,1H3;;/q;;2*+1/p-2. The summed E-state index contributed by atoms with van der Waals surface area (Å²) in [5.74, 6) is -2.70. The van der Waals surface area contributed by atoms with Gasteiger partial charge in [0.2, 0.25) is 0 Å². The average molecular weight is 369 g/mol. The Bertz CT molecular complexity index is 283. The third-order valence-corrected chi connectivity index (χ3v) is 3.09. The second-order valence-electron chi connectivity index (χ2n) is 4.86. The van der Waals surface area contributed by atoms with Crippen LogP contribution >= 0.6 is 0 Å². The minimum atomic E-state index is -1.35. The van der Waals surface area contributed by atoms with Crippen LogP contribution in [0.2, 0.25) is 0 Å². The monoisotopic (exact) mass is 369 g/mol. The van der Waals surface area contributed by atoms with E-state index in [0.29, 0.717) is 12.8 Å². The van der Waals surface area contributed by atoms with Crippen molar-refractivity contribution in [2.24, 2.45) is 5.41 Å². The molecule has 0 bridgehead atoms. The number of hydrogen-bond acceptors (Lipinski definition) is 9. The Labute approximate surface area is 186 Å². The first-order chi connectivity index (χ1) is 10.3. The molecule has 24 heavy (non-hydrogen) atoms. The molecule has 0 amide bonds. The molecular weight excluding hydrogens is 344 g/mol. The van der Waals surface area contributed by atoms with Gasteiger partial charge < -0.3 is 40.2 Å². The van der Waals surface area contributed by atoms with Crippen LogP contribution in [0.15, 0.2) is 0 Å². The maximum absolute atomic E-state index is 10.1. The Kier molecular flexibility index (Phi) is 27.1. The van der Waals surface area contributed by atoms with E-state index in [0.717, 1.165) is 4.90 Å². The largest absolute Gasteiger partial charge is 1.00 e. The van der Waals surface area contributed by atoms with Crippen LogP contribution in [-0.2, 0) is 9.59 Å². The Hall–Kier alpha value is 0.740. The molecular formula is C13H25NNa2O8. The van der Waals surface area contributed by atoms with Gasteiger partial charge in [-0.2, -0.15) is 0 Å². The summed E-state index contributed by atoms with van der Waals surface area (Å²) < 4.78 is 0. The number of aliphatic hydroxyl groups is 4. The molecule has 0 spiro atoms. The van der Waals surface area contributed by atoms with E-state index in [1.807, 2.05) is 6.92 Å². The zero-order valence-electron chi connectivity index (χ0n) is 14.7. The second-order valence-corrected chi connectivity index (χ2v) is 4.86. The second kappa shape index (κ2) is 20.1. The van der Waals surface area contributed by atoms with Gasteiger partial charge in [-0.15, -0.1) is 0 Å². The smallest absolute Gasteiger partial charge is 0.549 e. The van der Waals surface area contributed by atoms with Gasteiger partial charge in [0.15, 0.2) is 0 Å². The molecule has 0 saturated carbocycles. The number of carboxylic acid groups (broad SMARTS) is 2. The normalized spacial score (nSPS) is 10.1. The van der Waals surface area contributed by atoms with Gasteiger partial charge in [0.1, 0.15) is 0 Å². The zero-order valence-corrected chi connectivity index (χ0v) is 18.7. The maximum Gasteiger partial charge on any atom is 1.00 e. The van der Waals surface area contributed by atoms with E-state index in [-0.39, 0.29) is 92.1 Å². The molecule has 9 nitrogen and oxygen atoms in total. The molecule has 0 aromatic heterocycles. The molecule has 0 aliphatic heterocycles. The third kappa shape index (κ3) is 17.6. The number of aliphatic hydroxyl groups excluding tert-OH is 4. The van der Waals surface area contributed by atoms with E-state index >= 15 is 0 Å². The predicted molar refractivity (Wildman–Crippen MR) is 72.1 cm³/mol. The van der Waals surface area contributed by atoms with Crippen molar-refractivity contribution in [3.05, 3.63) is 0 Å². The summed E-state index contributed by atoms with van der Waals surface area (Å²) in [5.41, 5.74) is -0.667. The van der Waals surface area contributed by atoms with Gasteiger partial charge in [-0.25, -0.2) is 0 Å². The van der Waals surface area contributed by atoms with Gasteiger partial charge in [-0.1, -0.05) is 6.92 Å². The number of nitrogens with zero attached hydrogens (tertiary/aromatic N) is 1. The minimum absolute atomic E-state index is 0. The molecule has 0 heterocycles. The Morgan fingerprint density at radius 2 is 1.29 bits per heavy atom. The maximum atomic E-state index is 10.1. The van der Waals surface area contributed by atoms with Crippen LogP contribution in [0.3, 0.4) is 0 Å². The molecule has 132 valence electrons. The summed E-state index contributed by atoms with van der Waals surface area (Å²) in [5, 5.41) is 54.7. The van der Waals surface area contributed by atoms with Crippen LogP contribution in [-0.4, -0.2) is 83.3 Å². The van der Waals surface area contributed by atoms with Gasteiger partial charge >= 0.3 is 59.1 Å². The fourth-order valence-electron chi connectivity index (χ4n) is 1.36. The number of aliphatic carboxylic acids is 2. The van der Waals surface area contributed by atoms with E-state index in [9.17, 15) is 19.8 Å². The molecule has 0 radical (unpaired) electrons. The van der Waals surface area contributed by atoms with E-state index in [2.05, 4.69) is 0 Å². The molecule has 0 atom stereocenters. The Balaban J connectivity index is -0.000000162. The average Bonchev–Trinajstić information content (AvgIpc) is 2.47. The van der Waals surface area contributed by atoms with Crippen LogP contribution in [0.5, 0.6) is 0 Å². The van der Waals surface area contributed by atoms with Crippen molar-refractivity contribution >= 4 is 11.9 Å². The van der Waals surface area contributed by atoms with Gasteiger partial charge in [0.05, 0.1) is 31.8 Å². The number of hydrogen-bond donors (Lipinski definition) is 4. The van der Waals surface area contributed by atoms with Crippen LogP contribution < -0.4 is 69.3 Å². The predicted octanol–water partition coefficient (Wildman–Crippen LogP) is -10.5. The first-order valence-corrected chi connectivity index (χ1v) is 6.86. The number of carboxylic acids is 2. The van der Waals surface area contributed by atoms with E-state index in [4.69, 9.17) is 20.4 Å². The van der Waals surface area contributed by atoms with Crippen molar-refractivity contribution < 1.29 is 99.3 Å². The van der Waals surface area contributed by atoms with Crippen molar-refractivity contribution in [1.82, 2.24) is 4.90 Å². The summed E-state index contributed by atoms with van der Waals surface area (Å²) >= 11 is 0. The molecule has 0 rings (SSSR count). The molecule has 0 aliphatic rings. The molecule has 0 saturated heterocycles. The SMILES string of the molecule is CCC(CO)(CO)CO.O=C([O-])CN(CCCO)CC(=O)[O-].[Na+].[Na+]. The summed E-state index contributed by atoms with van der Waals surface area (Å²) in [6.07, 6.45) is 0.914. The van der Waals surface area contributed by atoms with Gasteiger partial charge in [0, 0.05) is 31.7 Å². The van der Waals surface area contributed by atoms with Crippen LogP contribution in [0.25, 0.3) is 0 Å². The zero-order chi connectivity index (χ0) is 17.6. The first-order valence-electron chi connectivity index (χ1n) is 6.86. The summed E-state index contributed by atoms with van der Waals surface area (Å²) in [6, 6.07) is 0. The third-order valence-electron chi connectivity index (χ3n) is 3.09. The van der Waals surface area contributed by atoms with Gasteiger partial charge in [-0.3, -0.25) is 4.90 Å². The number of rotatable bonds is 11.